The summed E-state index contributed by atoms with van der Waals surface area (Å²) in [5.41, 5.74) is 0.875. The molecule has 0 fully saturated rings. The van der Waals surface area contributed by atoms with Crippen molar-refractivity contribution in [1.82, 2.24) is 4.90 Å². The highest BCUT2D eigenvalue weighted by Crippen LogP contribution is 2.29. The van der Waals surface area contributed by atoms with Gasteiger partial charge in [0.15, 0.2) is 0 Å². The molecule has 0 saturated heterocycles. The van der Waals surface area contributed by atoms with Crippen LogP contribution in [0.4, 0.5) is 13.2 Å². The van der Waals surface area contributed by atoms with E-state index in [1.54, 1.807) is 24.3 Å². The van der Waals surface area contributed by atoms with Gasteiger partial charge in [0.2, 0.25) is 5.91 Å². The Hall–Kier alpha value is -2.28. The Kier molecular flexibility index (Phi) is 6.64. The van der Waals surface area contributed by atoms with E-state index in [0.29, 0.717) is 31.7 Å². The van der Waals surface area contributed by atoms with Crippen molar-refractivity contribution in [1.29, 1.82) is 0 Å². The van der Waals surface area contributed by atoms with Crippen molar-refractivity contribution in [2.75, 3.05) is 20.3 Å². The van der Waals surface area contributed by atoms with Crippen molar-refractivity contribution in [3.8, 4) is 0 Å². The Labute approximate surface area is 144 Å². The zero-order valence-corrected chi connectivity index (χ0v) is 13.9. The summed E-state index contributed by atoms with van der Waals surface area (Å²) < 4.78 is 47.7. The molecule has 1 aromatic heterocycles. The highest BCUT2D eigenvalue weighted by molar-refractivity contribution is 5.76. The van der Waals surface area contributed by atoms with Gasteiger partial charge in [0.25, 0.3) is 0 Å². The molecule has 0 aliphatic carbocycles. The van der Waals surface area contributed by atoms with Crippen molar-refractivity contribution in [3.05, 3.63) is 59.5 Å². The summed E-state index contributed by atoms with van der Waals surface area (Å²) in [7, 11) is 1.56. The maximum absolute atomic E-state index is 12.6. The lowest BCUT2D eigenvalue weighted by atomic mass is 10.1. The van der Waals surface area contributed by atoms with Gasteiger partial charge in [-0.1, -0.05) is 12.1 Å². The van der Waals surface area contributed by atoms with Gasteiger partial charge in [-0.05, 0) is 30.2 Å². The molecular weight excluding hydrogens is 335 g/mol. The average molecular weight is 355 g/mol. The number of carbonyl (C=O) groups is 1. The van der Waals surface area contributed by atoms with Crippen molar-refractivity contribution < 1.29 is 27.1 Å². The van der Waals surface area contributed by atoms with Crippen LogP contribution in [0.25, 0.3) is 0 Å². The lowest BCUT2D eigenvalue weighted by Gasteiger charge is -2.22. The third-order valence-corrected chi connectivity index (χ3v) is 3.78. The zero-order valence-electron chi connectivity index (χ0n) is 13.9. The number of carbonyl (C=O) groups excluding carboxylic acids is 1. The van der Waals surface area contributed by atoms with Crippen LogP contribution in [0.2, 0.25) is 0 Å². The SMILES string of the molecule is COCCN(Cc1ccoc1)C(=O)CCc1ccc(C(F)(F)F)cc1. The summed E-state index contributed by atoms with van der Waals surface area (Å²) >= 11 is 0. The maximum atomic E-state index is 12.6. The molecule has 0 atom stereocenters. The van der Waals surface area contributed by atoms with E-state index in [2.05, 4.69) is 0 Å². The summed E-state index contributed by atoms with van der Waals surface area (Å²) in [6, 6.07) is 6.67. The van der Waals surface area contributed by atoms with Crippen LogP contribution in [0.1, 0.15) is 23.1 Å². The normalized spacial score (nSPS) is 11.5. The first-order chi connectivity index (χ1) is 11.9. The smallest absolute Gasteiger partial charge is 0.416 e. The number of aryl methyl sites for hydroxylation is 1. The van der Waals surface area contributed by atoms with E-state index in [1.165, 1.54) is 18.4 Å². The van der Waals surface area contributed by atoms with E-state index in [1.807, 2.05) is 0 Å². The third kappa shape index (κ3) is 5.94. The molecule has 0 radical (unpaired) electrons. The number of halogens is 3. The second-order valence-electron chi connectivity index (χ2n) is 5.63. The van der Waals surface area contributed by atoms with E-state index >= 15 is 0 Å². The Balaban J connectivity index is 1.93. The summed E-state index contributed by atoms with van der Waals surface area (Å²) in [5.74, 6) is -0.0850. The molecule has 1 aromatic carbocycles. The van der Waals surface area contributed by atoms with Gasteiger partial charge in [-0.25, -0.2) is 0 Å². The first-order valence-electron chi connectivity index (χ1n) is 7.84. The van der Waals surface area contributed by atoms with Gasteiger partial charge >= 0.3 is 6.18 Å². The highest BCUT2D eigenvalue weighted by Gasteiger charge is 2.29. The van der Waals surface area contributed by atoms with Crippen LogP contribution in [-0.2, 0) is 28.7 Å². The Morgan fingerprint density at radius 2 is 1.88 bits per heavy atom. The minimum Gasteiger partial charge on any atom is -0.472 e. The number of nitrogens with zero attached hydrogens (tertiary/aromatic N) is 1. The Morgan fingerprint density at radius 3 is 2.44 bits per heavy atom. The minimum atomic E-state index is -4.35. The molecule has 0 aliphatic rings. The number of alkyl halides is 3. The Bertz CT molecular complexity index is 651. The topological polar surface area (TPSA) is 42.7 Å². The van der Waals surface area contributed by atoms with Crippen LogP contribution < -0.4 is 0 Å². The largest absolute Gasteiger partial charge is 0.472 e. The predicted octanol–water partition coefficient (Wildman–Crippen LogP) is 3.91. The first-order valence-corrected chi connectivity index (χ1v) is 7.84. The fraction of sp³-hybridized carbons (Fsp3) is 0.389. The minimum absolute atomic E-state index is 0.0850. The van der Waals surface area contributed by atoms with Gasteiger partial charge in [-0.2, -0.15) is 13.2 Å². The molecule has 0 unspecified atom stereocenters. The molecule has 0 N–H and O–H groups in total. The quantitative estimate of drug-likeness (QED) is 0.721. The molecule has 4 nitrogen and oxygen atoms in total. The maximum Gasteiger partial charge on any atom is 0.416 e. The fourth-order valence-electron chi connectivity index (χ4n) is 2.37. The molecule has 7 heteroatoms. The van der Waals surface area contributed by atoms with Crippen LogP contribution in [0.3, 0.4) is 0 Å². The van der Waals surface area contributed by atoms with Gasteiger partial charge < -0.3 is 14.1 Å². The zero-order chi connectivity index (χ0) is 18.3. The van der Waals surface area contributed by atoms with E-state index in [9.17, 15) is 18.0 Å². The van der Waals surface area contributed by atoms with E-state index in [4.69, 9.17) is 9.15 Å². The number of methoxy groups -OCH3 is 1. The second kappa shape index (κ2) is 8.71. The molecule has 1 heterocycles. The number of amides is 1. The van der Waals surface area contributed by atoms with Crippen LogP contribution in [0, 0.1) is 0 Å². The molecule has 0 saturated carbocycles. The van der Waals surface area contributed by atoms with E-state index in [0.717, 1.165) is 17.7 Å². The van der Waals surface area contributed by atoms with Crippen LogP contribution in [-0.4, -0.2) is 31.1 Å². The highest BCUT2D eigenvalue weighted by atomic mass is 19.4. The monoisotopic (exact) mass is 355 g/mol. The second-order valence-corrected chi connectivity index (χ2v) is 5.63. The molecule has 0 bridgehead atoms. The van der Waals surface area contributed by atoms with E-state index < -0.39 is 11.7 Å². The molecular formula is C18H20F3NO3. The number of ether oxygens (including phenoxy) is 1. The summed E-state index contributed by atoms with van der Waals surface area (Å²) in [4.78, 5) is 14.1. The Morgan fingerprint density at radius 1 is 1.16 bits per heavy atom. The lowest BCUT2D eigenvalue weighted by Crippen LogP contribution is -2.33. The predicted molar refractivity (Wildman–Crippen MR) is 85.8 cm³/mol. The number of furan rings is 1. The lowest BCUT2D eigenvalue weighted by molar-refractivity contribution is -0.137. The number of benzene rings is 1. The molecule has 0 spiro atoms. The summed E-state index contributed by atoms with van der Waals surface area (Å²) in [6.45, 7) is 1.25. The number of hydrogen-bond acceptors (Lipinski definition) is 3. The molecule has 1 amide bonds. The van der Waals surface area contributed by atoms with Crippen LogP contribution >= 0.6 is 0 Å². The standard InChI is InChI=1S/C18H20F3NO3/c1-24-11-9-22(12-15-8-10-25-13-15)17(23)7-4-14-2-5-16(6-3-14)18(19,20)21/h2-3,5-6,8,10,13H,4,7,9,11-12H2,1H3. The van der Waals surface area contributed by atoms with Crippen LogP contribution in [0.15, 0.2) is 47.3 Å². The van der Waals surface area contributed by atoms with Gasteiger partial charge in [-0.3, -0.25) is 4.79 Å². The van der Waals surface area contributed by atoms with Crippen LogP contribution in [0.5, 0.6) is 0 Å². The first kappa shape index (κ1) is 19.1. The van der Waals surface area contributed by atoms with Crippen molar-refractivity contribution in [2.24, 2.45) is 0 Å². The van der Waals surface area contributed by atoms with Gasteiger partial charge in [0.1, 0.15) is 0 Å². The molecule has 136 valence electrons. The molecule has 2 rings (SSSR count). The molecule has 25 heavy (non-hydrogen) atoms. The van der Waals surface area contributed by atoms with E-state index in [-0.39, 0.29) is 12.3 Å². The average Bonchev–Trinajstić information content (AvgIpc) is 3.09. The van der Waals surface area contributed by atoms with Gasteiger partial charge in [0.05, 0.1) is 24.7 Å². The van der Waals surface area contributed by atoms with Gasteiger partial charge in [0, 0.05) is 32.2 Å². The van der Waals surface area contributed by atoms with Crippen molar-refractivity contribution >= 4 is 5.91 Å². The van der Waals surface area contributed by atoms with Gasteiger partial charge in [-0.15, -0.1) is 0 Å². The van der Waals surface area contributed by atoms with Crippen molar-refractivity contribution in [2.45, 2.75) is 25.6 Å². The molecule has 0 aliphatic heterocycles. The number of hydrogen-bond donors (Lipinski definition) is 0. The summed E-state index contributed by atoms with van der Waals surface area (Å²) in [5, 5.41) is 0. The molecule has 2 aromatic rings. The fourth-order valence-corrected chi connectivity index (χ4v) is 2.37. The third-order valence-electron chi connectivity index (χ3n) is 3.78. The summed E-state index contributed by atoms with van der Waals surface area (Å²) in [6.07, 6.45) is -0.645. The van der Waals surface area contributed by atoms with Crippen molar-refractivity contribution in [3.63, 3.8) is 0 Å². The number of rotatable bonds is 8.